The Morgan fingerprint density at radius 1 is 1.11 bits per heavy atom. The minimum Gasteiger partial charge on any atom is -0.492 e. The van der Waals surface area contributed by atoms with Crippen LogP contribution in [0.2, 0.25) is 0 Å². The molecule has 176 valence electrons. The first-order valence-corrected chi connectivity index (χ1v) is 10.6. The maximum absolute atomic E-state index is 14.7. The van der Waals surface area contributed by atoms with Crippen molar-refractivity contribution < 1.29 is 23.0 Å². The van der Waals surface area contributed by atoms with E-state index in [0.717, 1.165) is 6.07 Å². The molecule has 0 radical (unpaired) electrons. The molecule has 2 aromatic heterocycles. The van der Waals surface area contributed by atoms with Gasteiger partial charge in [-0.3, -0.25) is 14.2 Å². The first-order valence-electron chi connectivity index (χ1n) is 10.6. The molecule has 1 aliphatic heterocycles. The second-order valence-corrected chi connectivity index (χ2v) is 7.86. The molecule has 0 amide bonds. The van der Waals surface area contributed by atoms with Crippen LogP contribution in [-0.2, 0) is 12.8 Å². The first-order chi connectivity index (χ1) is 16.9. The molecule has 35 heavy (non-hydrogen) atoms. The summed E-state index contributed by atoms with van der Waals surface area (Å²) in [6.45, 7) is 0.330. The Labute approximate surface area is 197 Å². The van der Waals surface area contributed by atoms with Crippen LogP contribution in [0.4, 0.5) is 14.6 Å². The summed E-state index contributed by atoms with van der Waals surface area (Å²) in [6, 6.07) is 10.7. The van der Waals surface area contributed by atoms with Gasteiger partial charge in [-0.2, -0.15) is 0 Å². The van der Waals surface area contributed by atoms with Crippen molar-refractivity contribution in [1.82, 2.24) is 14.5 Å². The van der Waals surface area contributed by atoms with Crippen molar-refractivity contribution in [3.05, 3.63) is 99.7 Å². The minimum atomic E-state index is -0.717. The number of anilines is 1. The smallest absolute Gasteiger partial charge is 0.269 e. The van der Waals surface area contributed by atoms with Crippen LogP contribution in [0.3, 0.4) is 0 Å². The van der Waals surface area contributed by atoms with Gasteiger partial charge in [0.15, 0.2) is 17.3 Å². The Morgan fingerprint density at radius 2 is 1.91 bits per heavy atom. The number of pyridine rings is 1. The largest absolute Gasteiger partial charge is 0.492 e. The Balaban J connectivity index is 1.44. The Morgan fingerprint density at radius 3 is 2.66 bits per heavy atom. The zero-order valence-electron chi connectivity index (χ0n) is 18.2. The predicted molar refractivity (Wildman–Crippen MR) is 122 cm³/mol. The average Bonchev–Trinajstić information content (AvgIpc) is 3.29. The number of rotatable bonds is 6. The number of benzene rings is 2. The van der Waals surface area contributed by atoms with Gasteiger partial charge in [0.1, 0.15) is 29.3 Å². The molecule has 10 heteroatoms. The molecule has 0 spiro atoms. The molecule has 0 saturated heterocycles. The fourth-order valence-electron chi connectivity index (χ4n) is 3.83. The van der Waals surface area contributed by atoms with E-state index in [4.69, 9.17) is 15.2 Å². The topological polar surface area (TPSA) is 109 Å². The lowest BCUT2D eigenvalue weighted by Gasteiger charge is -2.13. The van der Waals surface area contributed by atoms with E-state index in [0.29, 0.717) is 29.8 Å². The van der Waals surface area contributed by atoms with Crippen LogP contribution in [0.1, 0.15) is 21.5 Å². The van der Waals surface area contributed by atoms with Crippen LogP contribution in [-0.4, -0.2) is 26.9 Å². The van der Waals surface area contributed by atoms with Gasteiger partial charge in [-0.25, -0.2) is 18.7 Å². The molecule has 1 aliphatic rings. The number of halogens is 2. The predicted octanol–water partition coefficient (Wildman–Crippen LogP) is 3.64. The summed E-state index contributed by atoms with van der Waals surface area (Å²) in [6.07, 6.45) is 3.07. The third-order valence-corrected chi connectivity index (χ3v) is 5.48. The van der Waals surface area contributed by atoms with Gasteiger partial charge in [-0.05, 0) is 42.0 Å². The van der Waals surface area contributed by atoms with E-state index in [2.05, 4.69) is 9.97 Å². The quantitative estimate of drug-likeness (QED) is 0.423. The van der Waals surface area contributed by atoms with E-state index >= 15 is 0 Å². The molecule has 0 saturated carbocycles. The van der Waals surface area contributed by atoms with Gasteiger partial charge in [0, 0.05) is 36.4 Å². The highest BCUT2D eigenvalue weighted by Gasteiger charge is 2.27. The van der Waals surface area contributed by atoms with Gasteiger partial charge in [-0.1, -0.05) is 6.07 Å². The third kappa shape index (κ3) is 4.45. The lowest BCUT2D eigenvalue weighted by Crippen LogP contribution is -2.27. The van der Waals surface area contributed by atoms with Gasteiger partial charge in [-0.15, -0.1) is 0 Å². The Hall–Kier alpha value is -4.60. The minimum absolute atomic E-state index is 0.0681. The van der Waals surface area contributed by atoms with Crippen LogP contribution in [0, 0.1) is 11.6 Å². The highest BCUT2D eigenvalue weighted by atomic mass is 19.1. The van der Waals surface area contributed by atoms with Crippen LogP contribution in [0.5, 0.6) is 17.4 Å². The first kappa shape index (κ1) is 22.2. The molecule has 0 aliphatic carbocycles. The van der Waals surface area contributed by atoms with E-state index < -0.39 is 23.0 Å². The second kappa shape index (κ2) is 8.98. The van der Waals surface area contributed by atoms with Gasteiger partial charge < -0.3 is 15.2 Å². The van der Waals surface area contributed by atoms with Crippen molar-refractivity contribution in [1.29, 1.82) is 0 Å². The number of ether oxygens (including phenoxy) is 2. The molecule has 2 aromatic carbocycles. The Kier molecular flexibility index (Phi) is 5.69. The summed E-state index contributed by atoms with van der Waals surface area (Å²) in [5, 5.41) is 0. The summed E-state index contributed by atoms with van der Waals surface area (Å²) in [5.41, 5.74) is 6.30. The highest BCUT2D eigenvalue weighted by molar-refractivity contribution is 6.00. The average molecular weight is 476 g/mol. The van der Waals surface area contributed by atoms with Gasteiger partial charge >= 0.3 is 0 Å². The molecule has 8 nitrogen and oxygen atoms in total. The maximum Gasteiger partial charge on any atom is 0.269 e. The van der Waals surface area contributed by atoms with Gasteiger partial charge in [0.05, 0.1) is 6.61 Å². The summed E-state index contributed by atoms with van der Waals surface area (Å²) < 4.78 is 40.3. The number of nitrogens with two attached hydrogens (primary N) is 1. The summed E-state index contributed by atoms with van der Waals surface area (Å²) in [4.78, 5) is 34.1. The highest BCUT2D eigenvalue weighted by Crippen LogP contribution is 2.30. The number of carbonyl (C=O) groups is 1. The molecule has 0 unspecified atom stereocenters. The molecule has 2 N–H and O–H groups in total. The maximum atomic E-state index is 14.7. The zero-order valence-corrected chi connectivity index (χ0v) is 18.2. The molecular weight excluding hydrogens is 458 g/mol. The fourth-order valence-corrected chi connectivity index (χ4v) is 3.83. The van der Waals surface area contributed by atoms with Crippen LogP contribution < -0.4 is 20.8 Å². The van der Waals surface area contributed by atoms with Gasteiger partial charge in [0.25, 0.3) is 5.56 Å². The number of carbonyl (C=O) groups excluding carboxylic acids is 1. The molecule has 0 atom stereocenters. The summed E-state index contributed by atoms with van der Waals surface area (Å²) in [7, 11) is 0. The lowest BCUT2D eigenvalue weighted by atomic mass is 10.0. The van der Waals surface area contributed by atoms with E-state index in [9.17, 15) is 18.4 Å². The number of ketones is 1. The lowest BCUT2D eigenvalue weighted by molar-refractivity contribution is 0.0988. The number of Topliss-reactive ketones (excluding diaryl/α,β-unsaturated/α-hetero) is 1. The van der Waals surface area contributed by atoms with Crippen LogP contribution in [0.15, 0.2) is 65.8 Å². The third-order valence-electron chi connectivity index (χ3n) is 5.48. The number of hydrogen-bond acceptors (Lipinski definition) is 7. The van der Waals surface area contributed by atoms with Crippen molar-refractivity contribution in [3.63, 3.8) is 0 Å². The fraction of sp³-hybridized carbons (Fsp3) is 0.120. The van der Waals surface area contributed by atoms with Crippen molar-refractivity contribution in [2.45, 2.75) is 12.8 Å². The Bertz CT molecular complexity index is 1500. The SMILES string of the molecule is Nc1cc(Oc2ccc(CC(=O)c3c4c(cn(-c5ccc(F)cc5)c3=O)CCO4)cc2F)ncn1. The molecule has 3 heterocycles. The van der Waals surface area contributed by atoms with Crippen molar-refractivity contribution in [3.8, 4) is 23.1 Å². The number of aromatic nitrogens is 3. The normalized spacial score (nSPS) is 12.2. The van der Waals surface area contributed by atoms with E-state index in [1.807, 2.05) is 0 Å². The van der Waals surface area contributed by atoms with E-state index in [1.165, 1.54) is 53.4 Å². The van der Waals surface area contributed by atoms with E-state index in [-0.39, 0.29) is 35.2 Å². The second-order valence-electron chi connectivity index (χ2n) is 7.86. The molecule has 5 rings (SSSR count). The van der Waals surface area contributed by atoms with Crippen molar-refractivity contribution >= 4 is 11.6 Å². The van der Waals surface area contributed by atoms with Crippen molar-refractivity contribution in [2.75, 3.05) is 12.3 Å². The molecule has 0 bridgehead atoms. The van der Waals surface area contributed by atoms with Crippen molar-refractivity contribution in [2.24, 2.45) is 0 Å². The summed E-state index contributed by atoms with van der Waals surface area (Å²) >= 11 is 0. The van der Waals surface area contributed by atoms with Crippen LogP contribution >= 0.6 is 0 Å². The summed E-state index contributed by atoms with van der Waals surface area (Å²) in [5.74, 6) is -1.32. The van der Waals surface area contributed by atoms with Gasteiger partial charge in [0.2, 0.25) is 5.88 Å². The monoisotopic (exact) mass is 476 g/mol. The molecule has 0 fully saturated rings. The number of nitrogen functional groups attached to an aromatic ring is 1. The standard InChI is InChI=1S/C25H18F2N4O4/c26-16-2-4-17(5-3-16)31-12-15-7-8-34-24(15)23(25(31)33)19(32)10-14-1-6-20(18(27)9-14)35-22-11-21(28)29-13-30-22/h1-6,9,11-13H,7-8,10H2,(H2,28,29,30). The van der Waals surface area contributed by atoms with E-state index in [1.54, 1.807) is 6.20 Å². The number of hydrogen-bond donors (Lipinski definition) is 1. The molecular formula is C25H18F2N4O4. The number of fused-ring (bicyclic) bond motifs is 1. The van der Waals surface area contributed by atoms with Crippen LogP contribution in [0.25, 0.3) is 5.69 Å². The zero-order chi connectivity index (χ0) is 24.5. The number of nitrogens with zero attached hydrogens (tertiary/aromatic N) is 3. The molecule has 4 aromatic rings.